The maximum absolute atomic E-state index is 11.9. The van der Waals surface area contributed by atoms with E-state index in [0.717, 1.165) is 10.2 Å². The minimum atomic E-state index is -0.874. The molecule has 1 aromatic carbocycles. The van der Waals surface area contributed by atoms with Gasteiger partial charge in [-0.15, -0.1) is 0 Å². The predicted molar refractivity (Wildman–Crippen MR) is 75.1 cm³/mol. The maximum atomic E-state index is 11.9. The van der Waals surface area contributed by atoms with Crippen LogP contribution in [-0.4, -0.2) is 48.6 Å². The average molecular weight is 327 g/mol. The fourth-order valence-electron chi connectivity index (χ4n) is 2.13. The van der Waals surface area contributed by atoms with Gasteiger partial charge in [0, 0.05) is 30.3 Å². The highest BCUT2D eigenvalue weighted by Crippen LogP contribution is 2.22. The minimum Gasteiger partial charge on any atom is -0.481 e. The molecule has 0 radical (unpaired) electrons. The number of carboxylic acid groups (broad SMARTS) is 1. The summed E-state index contributed by atoms with van der Waals surface area (Å²) in [5.74, 6) is -1.51. The van der Waals surface area contributed by atoms with E-state index in [2.05, 4.69) is 15.9 Å². The Morgan fingerprint density at radius 2 is 2.16 bits per heavy atom. The van der Waals surface area contributed by atoms with Crippen molar-refractivity contribution < 1.29 is 14.7 Å². The Hall–Kier alpha value is -1.56. The summed E-state index contributed by atoms with van der Waals surface area (Å²) < 4.78 is 0.905. The van der Waals surface area contributed by atoms with E-state index in [1.807, 2.05) is 29.2 Å². The first-order valence-corrected chi connectivity index (χ1v) is 6.74. The SMILES string of the molecule is CN1CC(C(=O)O)CN(c2cccc(Br)c2)CC1=O. The zero-order chi connectivity index (χ0) is 14.0. The number of carbonyl (C=O) groups excluding carboxylic acids is 1. The lowest BCUT2D eigenvalue weighted by Crippen LogP contribution is -2.34. The van der Waals surface area contributed by atoms with Gasteiger partial charge in [0.05, 0.1) is 12.5 Å². The molecule has 2 rings (SSSR count). The van der Waals surface area contributed by atoms with E-state index < -0.39 is 11.9 Å². The Morgan fingerprint density at radius 3 is 2.79 bits per heavy atom. The molecule has 0 aliphatic carbocycles. The molecule has 0 bridgehead atoms. The lowest BCUT2D eigenvalue weighted by Gasteiger charge is -2.23. The number of rotatable bonds is 2. The Balaban J connectivity index is 2.28. The van der Waals surface area contributed by atoms with Crippen LogP contribution in [0.3, 0.4) is 0 Å². The molecule has 0 aromatic heterocycles. The maximum Gasteiger partial charge on any atom is 0.310 e. The van der Waals surface area contributed by atoms with Gasteiger partial charge in [-0.05, 0) is 18.2 Å². The van der Waals surface area contributed by atoms with E-state index in [4.69, 9.17) is 0 Å². The first-order chi connectivity index (χ1) is 8.97. The normalized spacial score (nSPS) is 20.3. The molecule has 0 saturated carbocycles. The number of carboxylic acids is 1. The first-order valence-electron chi connectivity index (χ1n) is 5.94. The van der Waals surface area contributed by atoms with Crippen LogP contribution >= 0.6 is 15.9 Å². The average Bonchev–Trinajstić information content (AvgIpc) is 2.50. The Labute approximate surface area is 119 Å². The van der Waals surface area contributed by atoms with Gasteiger partial charge < -0.3 is 14.9 Å². The number of carbonyl (C=O) groups is 2. The molecule has 1 amide bonds. The van der Waals surface area contributed by atoms with Crippen molar-refractivity contribution in [3.63, 3.8) is 0 Å². The van der Waals surface area contributed by atoms with Crippen LogP contribution < -0.4 is 4.90 Å². The lowest BCUT2D eigenvalue weighted by molar-refractivity contribution is -0.142. The molecule has 1 N–H and O–H groups in total. The Morgan fingerprint density at radius 1 is 1.42 bits per heavy atom. The van der Waals surface area contributed by atoms with E-state index in [0.29, 0.717) is 6.54 Å². The quantitative estimate of drug-likeness (QED) is 0.893. The van der Waals surface area contributed by atoms with Crippen LogP contribution in [0.25, 0.3) is 0 Å². The molecule has 1 atom stereocenters. The zero-order valence-corrected chi connectivity index (χ0v) is 12.1. The van der Waals surface area contributed by atoms with Crippen LogP contribution in [0.15, 0.2) is 28.7 Å². The summed E-state index contributed by atoms with van der Waals surface area (Å²) in [5.41, 5.74) is 0.851. The van der Waals surface area contributed by atoms with Gasteiger partial charge in [-0.3, -0.25) is 9.59 Å². The molecule has 1 aliphatic rings. The number of likely N-dealkylation sites (N-methyl/N-ethyl adjacent to an activating group) is 1. The molecule has 1 aliphatic heterocycles. The van der Waals surface area contributed by atoms with Crippen LogP contribution in [0.4, 0.5) is 5.69 Å². The molecule has 19 heavy (non-hydrogen) atoms. The van der Waals surface area contributed by atoms with Crippen molar-refractivity contribution in [3.05, 3.63) is 28.7 Å². The van der Waals surface area contributed by atoms with Crippen LogP contribution in [0, 0.1) is 5.92 Å². The highest BCUT2D eigenvalue weighted by molar-refractivity contribution is 9.10. The third-order valence-electron chi connectivity index (χ3n) is 3.21. The second kappa shape index (κ2) is 5.61. The van der Waals surface area contributed by atoms with Crippen LogP contribution in [0.2, 0.25) is 0 Å². The van der Waals surface area contributed by atoms with Crippen molar-refractivity contribution in [3.8, 4) is 0 Å². The van der Waals surface area contributed by atoms with Gasteiger partial charge >= 0.3 is 5.97 Å². The first kappa shape index (κ1) is 13.9. The van der Waals surface area contributed by atoms with Crippen LogP contribution in [0.5, 0.6) is 0 Å². The zero-order valence-electron chi connectivity index (χ0n) is 10.5. The van der Waals surface area contributed by atoms with E-state index >= 15 is 0 Å². The summed E-state index contributed by atoms with van der Waals surface area (Å²) in [6, 6.07) is 7.53. The summed E-state index contributed by atoms with van der Waals surface area (Å²) in [6.45, 7) is 0.789. The fraction of sp³-hybridized carbons (Fsp3) is 0.385. The van der Waals surface area contributed by atoms with Crippen molar-refractivity contribution >= 4 is 33.5 Å². The topological polar surface area (TPSA) is 60.9 Å². The highest BCUT2D eigenvalue weighted by atomic mass is 79.9. The summed E-state index contributed by atoms with van der Waals surface area (Å²) in [7, 11) is 1.64. The largest absolute Gasteiger partial charge is 0.481 e. The predicted octanol–water partition coefficient (Wildman–Crippen LogP) is 1.43. The number of hydrogen-bond acceptors (Lipinski definition) is 3. The van der Waals surface area contributed by atoms with Crippen LogP contribution in [0.1, 0.15) is 0 Å². The van der Waals surface area contributed by atoms with Gasteiger partial charge in [0.15, 0.2) is 0 Å². The van der Waals surface area contributed by atoms with E-state index in [1.54, 1.807) is 7.05 Å². The second-order valence-electron chi connectivity index (χ2n) is 4.67. The Bertz CT molecular complexity index is 506. The van der Waals surface area contributed by atoms with Crippen LogP contribution in [-0.2, 0) is 9.59 Å². The monoisotopic (exact) mass is 326 g/mol. The molecule has 1 heterocycles. The van der Waals surface area contributed by atoms with Gasteiger partial charge in [-0.2, -0.15) is 0 Å². The second-order valence-corrected chi connectivity index (χ2v) is 5.59. The molecular weight excluding hydrogens is 312 g/mol. The molecule has 0 spiro atoms. The molecule has 6 heteroatoms. The fourth-order valence-corrected chi connectivity index (χ4v) is 2.52. The summed E-state index contributed by atoms with van der Waals surface area (Å²) in [5, 5.41) is 9.21. The smallest absolute Gasteiger partial charge is 0.310 e. The van der Waals surface area contributed by atoms with Gasteiger partial charge in [-0.25, -0.2) is 0 Å². The number of nitrogens with zero attached hydrogens (tertiary/aromatic N) is 2. The third-order valence-corrected chi connectivity index (χ3v) is 3.70. The van der Waals surface area contributed by atoms with Gasteiger partial charge in [-0.1, -0.05) is 22.0 Å². The van der Waals surface area contributed by atoms with Crippen molar-refractivity contribution in [1.82, 2.24) is 4.90 Å². The summed E-state index contributed by atoms with van der Waals surface area (Å²) in [4.78, 5) is 26.5. The van der Waals surface area contributed by atoms with Gasteiger partial charge in [0.25, 0.3) is 0 Å². The van der Waals surface area contributed by atoms with Crippen molar-refractivity contribution in [1.29, 1.82) is 0 Å². The molecule has 102 valence electrons. The summed E-state index contributed by atoms with van der Waals surface area (Å²) >= 11 is 3.38. The molecule has 5 nitrogen and oxygen atoms in total. The molecular formula is C13H15BrN2O3. The number of anilines is 1. The molecule has 1 unspecified atom stereocenters. The van der Waals surface area contributed by atoms with Gasteiger partial charge in [0.1, 0.15) is 0 Å². The molecule has 1 fully saturated rings. The van der Waals surface area contributed by atoms with E-state index in [1.165, 1.54) is 4.90 Å². The minimum absolute atomic E-state index is 0.0660. The number of benzene rings is 1. The van der Waals surface area contributed by atoms with E-state index in [-0.39, 0.29) is 19.0 Å². The van der Waals surface area contributed by atoms with Crippen molar-refractivity contribution in [2.45, 2.75) is 0 Å². The molecule has 1 aromatic rings. The number of halogens is 1. The highest BCUT2D eigenvalue weighted by Gasteiger charge is 2.30. The van der Waals surface area contributed by atoms with Crippen molar-refractivity contribution in [2.24, 2.45) is 5.92 Å². The Kier molecular flexibility index (Phi) is 4.09. The van der Waals surface area contributed by atoms with Crippen molar-refractivity contribution in [2.75, 3.05) is 31.6 Å². The number of amides is 1. The molecule has 1 saturated heterocycles. The standard InChI is InChI=1S/C13H15BrN2O3/c1-15-6-9(13(18)19)7-16(8-12(15)17)11-4-2-3-10(14)5-11/h2-5,9H,6-8H2,1H3,(H,18,19). The number of hydrogen-bond donors (Lipinski definition) is 1. The number of aliphatic carboxylic acids is 1. The van der Waals surface area contributed by atoms with E-state index in [9.17, 15) is 14.7 Å². The van der Waals surface area contributed by atoms with Gasteiger partial charge in [0.2, 0.25) is 5.91 Å². The summed E-state index contributed by atoms with van der Waals surface area (Å²) in [6.07, 6.45) is 0. The third kappa shape index (κ3) is 3.26. The lowest BCUT2D eigenvalue weighted by atomic mass is 10.1.